The van der Waals surface area contributed by atoms with E-state index in [2.05, 4.69) is 48.4 Å². The lowest BCUT2D eigenvalue weighted by Crippen LogP contribution is -2.57. The lowest BCUT2D eigenvalue weighted by Gasteiger charge is -2.51. The van der Waals surface area contributed by atoms with Gasteiger partial charge in [0.2, 0.25) is 0 Å². The van der Waals surface area contributed by atoms with Crippen LogP contribution in [0.4, 0.5) is 11.6 Å². The van der Waals surface area contributed by atoms with E-state index in [4.69, 9.17) is 10.6 Å². The monoisotopic (exact) mass is 293 g/mol. The van der Waals surface area contributed by atoms with Gasteiger partial charge >= 0.3 is 0 Å². The predicted molar refractivity (Wildman–Crippen MR) is 85.3 cm³/mol. The Morgan fingerprint density at radius 3 is 2.38 bits per heavy atom. The molecule has 21 heavy (non-hydrogen) atoms. The van der Waals surface area contributed by atoms with E-state index in [1.165, 1.54) is 0 Å². The molecule has 0 bridgehead atoms. The second-order valence-corrected chi connectivity index (χ2v) is 6.68. The van der Waals surface area contributed by atoms with E-state index in [1.54, 1.807) is 7.11 Å². The quantitative estimate of drug-likeness (QED) is 0.571. The zero-order chi connectivity index (χ0) is 15.8. The number of aromatic nitrogens is 2. The summed E-state index contributed by atoms with van der Waals surface area (Å²) >= 11 is 0. The van der Waals surface area contributed by atoms with Crippen molar-refractivity contribution < 1.29 is 4.74 Å². The second-order valence-electron chi connectivity index (χ2n) is 6.68. The fourth-order valence-electron chi connectivity index (χ4n) is 2.77. The minimum absolute atomic E-state index is 0.0838. The summed E-state index contributed by atoms with van der Waals surface area (Å²) in [4.78, 5) is 9.12. The predicted octanol–water partition coefficient (Wildman–Crippen LogP) is 2.42. The van der Waals surface area contributed by atoms with E-state index < -0.39 is 0 Å². The molecule has 0 aromatic carbocycles. The van der Waals surface area contributed by atoms with Gasteiger partial charge in [0, 0.05) is 30.0 Å². The number of nitrogens with zero attached hydrogens (tertiary/aromatic N) is 2. The van der Waals surface area contributed by atoms with Crippen LogP contribution in [0.5, 0.6) is 0 Å². The zero-order valence-corrected chi connectivity index (χ0v) is 13.8. The number of methoxy groups -OCH3 is 1. The van der Waals surface area contributed by atoms with Gasteiger partial charge in [-0.1, -0.05) is 27.7 Å². The summed E-state index contributed by atoms with van der Waals surface area (Å²) in [7, 11) is 1.77. The van der Waals surface area contributed by atoms with Gasteiger partial charge in [0.15, 0.2) is 0 Å². The highest BCUT2D eigenvalue weighted by atomic mass is 16.5. The van der Waals surface area contributed by atoms with E-state index in [1.807, 2.05) is 6.92 Å². The first kappa shape index (κ1) is 16.0. The molecule has 1 fully saturated rings. The number of nitrogen functional groups attached to an aromatic ring is 1. The van der Waals surface area contributed by atoms with E-state index in [0.29, 0.717) is 11.9 Å². The Hall–Kier alpha value is -1.40. The molecule has 1 aliphatic carbocycles. The molecule has 4 N–H and O–H groups in total. The van der Waals surface area contributed by atoms with Crippen molar-refractivity contribution in [3.8, 4) is 0 Å². The summed E-state index contributed by atoms with van der Waals surface area (Å²) in [5.41, 5.74) is 3.69. The van der Waals surface area contributed by atoms with Crippen molar-refractivity contribution in [2.45, 2.75) is 59.1 Å². The molecule has 2 unspecified atom stereocenters. The highest BCUT2D eigenvalue weighted by Gasteiger charge is 2.48. The Balaban J connectivity index is 2.26. The molecule has 0 aliphatic heterocycles. The average Bonchev–Trinajstić information content (AvgIpc) is 2.44. The molecular weight excluding hydrogens is 266 g/mol. The molecule has 2 atom stereocenters. The van der Waals surface area contributed by atoms with Crippen molar-refractivity contribution in [1.29, 1.82) is 0 Å². The van der Waals surface area contributed by atoms with E-state index >= 15 is 0 Å². The van der Waals surface area contributed by atoms with Crippen molar-refractivity contribution in [2.75, 3.05) is 17.9 Å². The SMILES string of the molecule is COC1CC(Nc2nc(C(C)C)nc(NN)c2C)C1(C)C. The summed E-state index contributed by atoms with van der Waals surface area (Å²) in [6.07, 6.45) is 1.27. The maximum atomic E-state index is 5.57. The maximum absolute atomic E-state index is 5.57. The van der Waals surface area contributed by atoms with Crippen LogP contribution in [-0.2, 0) is 4.74 Å². The molecule has 6 nitrogen and oxygen atoms in total. The summed E-state index contributed by atoms with van der Waals surface area (Å²) in [5, 5.41) is 3.54. The van der Waals surface area contributed by atoms with E-state index in [0.717, 1.165) is 23.6 Å². The third kappa shape index (κ3) is 2.82. The molecule has 0 amide bonds. The van der Waals surface area contributed by atoms with Crippen molar-refractivity contribution in [3.05, 3.63) is 11.4 Å². The lowest BCUT2D eigenvalue weighted by atomic mass is 9.64. The molecular formula is C15H27N5O. The van der Waals surface area contributed by atoms with Crippen LogP contribution < -0.4 is 16.6 Å². The van der Waals surface area contributed by atoms with Crippen molar-refractivity contribution >= 4 is 11.6 Å². The fraction of sp³-hybridized carbons (Fsp3) is 0.733. The van der Waals surface area contributed by atoms with Gasteiger partial charge < -0.3 is 15.5 Å². The van der Waals surface area contributed by atoms with Crippen molar-refractivity contribution in [3.63, 3.8) is 0 Å². The number of anilines is 2. The van der Waals surface area contributed by atoms with E-state index in [9.17, 15) is 0 Å². The fourth-order valence-corrected chi connectivity index (χ4v) is 2.77. The molecule has 1 saturated carbocycles. The highest BCUT2D eigenvalue weighted by molar-refractivity contribution is 5.57. The first-order chi connectivity index (χ1) is 9.81. The molecule has 1 aromatic heterocycles. The molecule has 0 spiro atoms. The second kappa shape index (κ2) is 5.77. The van der Waals surface area contributed by atoms with Crippen molar-refractivity contribution in [2.24, 2.45) is 11.3 Å². The third-order valence-corrected chi connectivity index (χ3v) is 4.59. The maximum Gasteiger partial charge on any atom is 0.148 e. The number of rotatable bonds is 5. The number of hydrogen-bond acceptors (Lipinski definition) is 6. The summed E-state index contributed by atoms with van der Waals surface area (Å²) < 4.78 is 5.50. The van der Waals surface area contributed by atoms with Crippen LogP contribution in [0.1, 0.15) is 51.4 Å². The van der Waals surface area contributed by atoms with Crippen LogP contribution in [0.15, 0.2) is 0 Å². The highest BCUT2D eigenvalue weighted by Crippen LogP contribution is 2.44. The van der Waals surface area contributed by atoms with Gasteiger partial charge in [-0.05, 0) is 13.3 Å². The van der Waals surface area contributed by atoms with Crippen LogP contribution in [0.3, 0.4) is 0 Å². The number of nitrogens with one attached hydrogen (secondary N) is 2. The molecule has 0 saturated heterocycles. The molecule has 1 heterocycles. The number of nitrogens with two attached hydrogens (primary N) is 1. The normalized spacial score (nSPS) is 23.8. The van der Waals surface area contributed by atoms with Crippen LogP contribution >= 0.6 is 0 Å². The number of ether oxygens (including phenoxy) is 1. The standard InChI is InChI=1S/C15H27N5O/c1-8(2)12-18-13(9(3)14(19-12)20-16)17-10-7-11(21-6)15(10,4)5/h8,10-11H,7,16H2,1-6H3,(H2,17,18,19,20). The Bertz CT molecular complexity index is 515. The van der Waals surface area contributed by atoms with Gasteiger partial charge in [-0.25, -0.2) is 15.8 Å². The van der Waals surface area contributed by atoms with Gasteiger partial charge in [-0.15, -0.1) is 0 Å². The Kier molecular flexibility index (Phi) is 4.39. The summed E-state index contributed by atoms with van der Waals surface area (Å²) in [6.45, 7) is 10.5. The van der Waals surface area contributed by atoms with Crippen LogP contribution in [0.2, 0.25) is 0 Å². The van der Waals surface area contributed by atoms with Gasteiger partial charge in [0.25, 0.3) is 0 Å². The van der Waals surface area contributed by atoms with Gasteiger partial charge in [0.1, 0.15) is 17.5 Å². The van der Waals surface area contributed by atoms with Crippen LogP contribution in [0.25, 0.3) is 0 Å². The first-order valence-corrected chi connectivity index (χ1v) is 7.45. The van der Waals surface area contributed by atoms with Gasteiger partial charge in [0.05, 0.1) is 6.10 Å². The van der Waals surface area contributed by atoms with Gasteiger partial charge in [-0.3, -0.25) is 0 Å². The first-order valence-electron chi connectivity index (χ1n) is 7.45. The van der Waals surface area contributed by atoms with Gasteiger partial charge in [-0.2, -0.15) is 0 Å². The molecule has 6 heteroatoms. The minimum Gasteiger partial charge on any atom is -0.381 e. The number of hydrazine groups is 1. The topological polar surface area (TPSA) is 85.1 Å². The summed E-state index contributed by atoms with van der Waals surface area (Å²) in [5.74, 6) is 8.15. The minimum atomic E-state index is 0.0838. The molecule has 0 radical (unpaired) electrons. The van der Waals surface area contributed by atoms with Crippen LogP contribution in [-0.4, -0.2) is 29.2 Å². The molecule has 118 valence electrons. The molecule has 1 aromatic rings. The largest absolute Gasteiger partial charge is 0.381 e. The van der Waals surface area contributed by atoms with Crippen LogP contribution in [0, 0.1) is 12.3 Å². The molecule has 2 rings (SSSR count). The van der Waals surface area contributed by atoms with Crippen molar-refractivity contribution in [1.82, 2.24) is 9.97 Å². The smallest absolute Gasteiger partial charge is 0.148 e. The zero-order valence-electron chi connectivity index (χ0n) is 13.8. The average molecular weight is 293 g/mol. The Morgan fingerprint density at radius 2 is 1.90 bits per heavy atom. The summed E-state index contributed by atoms with van der Waals surface area (Å²) in [6, 6.07) is 0.335. The Morgan fingerprint density at radius 1 is 1.29 bits per heavy atom. The number of hydrogen-bond donors (Lipinski definition) is 3. The molecule has 1 aliphatic rings. The Labute approximate surface area is 126 Å². The third-order valence-electron chi connectivity index (χ3n) is 4.59. The lowest BCUT2D eigenvalue weighted by molar-refractivity contribution is -0.0795. The van der Waals surface area contributed by atoms with E-state index in [-0.39, 0.29) is 17.4 Å².